The van der Waals surface area contributed by atoms with Crippen LogP contribution in [-0.4, -0.2) is 16.5 Å². The van der Waals surface area contributed by atoms with Crippen LogP contribution in [0.4, 0.5) is 5.82 Å². The van der Waals surface area contributed by atoms with E-state index in [2.05, 4.69) is 28.3 Å². The highest BCUT2D eigenvalue weighted by atomic mass is 15.0. The Balaban J connectivity index is 2.24. The quantitative estimate of drug-likeness (QED) is 0.825. The van der Waals surface area contributed by atoms with Crippen LogP contribution in [0, 0.1) is 0 Å². The lowest BCUT2D eigenvalue weighted by atomic mass is 10.1. The van der Waals surface area contributed by atoms with Gasteiger partial charge in [0, 0.05) is 30.7 Å². The van der Waals surface area contributed by atoms with Crippen LogP contribution in [0.5, 0.6) is 0 Å². The summed E-state index contributed by atoms with van der Waals surface area (Å²) in [4.78, 5) is 8.30. The van der Waals surface area contributed by atoms with E-state index < -0.39 is 0 Å². The average molecular weight is 199 g/mol. The Morgan fingerprint density at radius 1 is 1.07 bits per heavy atom. The maximum absolute atomic E-state index is 4.31. The molecule has 0 atom stereocenters. The van der Waals surface area contributed by atoms with Crippen LogP contribution in [-0.2, 0) is 0 Å². The third-order valence-electron chi connectivity index (χ3n) is 2.14. The first-order valence-corrected chi connectivity index (χ1v) is 5.00. The van der Waals surface area contributed by atoms with Crippen LogP contribution in [0.2, 0.25) is 0 Å². The van der Waals surface area contributed by atoms with Gasteiger partial charge in [0.15, 0.2) is 0 Å². The van der Waals surface area contributed by atoms with Crippen molar-refractivity contribution in [3.63, 3.8) is 0 Å². The predicted molar refractivity (Wildman–Crippen MR) is 61.6 cm³/mol. The molecular formula is C12H13N3. The molecule has 3 nitrogen and oxygen atoms in total. The molecule has 0 unspecified atom stereocenters. The summed E-state index contributed by atoms with van der Waals surface area (Å²) in [6, 6.07) is 7.99. The van der Waals surface area contributed by atoms with Crippen molar-refractivity contribution in [1.29, 1.82) is 0 Å². The minimum Gasteiger partial charge on any atom is -0.370 e. The number of rotatable bonds is 3. The highest BCUT2D eigenvalue weighted by Gasteiger charge is 1.97. The second-order valence-corrected chi connectivity index (χ2v) is 3.20. The third kappa shape index (κ3) is 2.31. The maximum Gasteiger partial charge on any atom is 0.125 e. The fourth-order valence-electron chi connectivity index (χ4n) is 1.39. The molecule has 2 aromatic heterocycles. The van der Waals surface area contributed by atoms with E-state index in [0.717, 1.165) is 23.5 Å². The molecule has 0 aliphatic heterocycles. The Labute approximate surface area is 89.2 Å². The van der Waals surface area contributed by atoms with E-state index in [1.54, 1.807) is 12.4 Å². The van der Waals surface area contributed by atoms with Crippen molar-refractivity contribution >= 4 is 5.82 Å². The molecule has 15 heavy (non-hydrogen) atoms. The standard InChI is InChI=1S/C12H13N3/c1-2-14-12-4-3-11(9-15-12)10-5-7-13-8-6-10/h3-9H,2H2,1H3,(H,14,15). The summed E-state index contributed by atoms with van der Waals surface area (Å²) in [6.07, 6.45) is 5.44. The molecule has 0 saturated heterocycles. The molecule has 0 saturated carbocycles. The fraction of sp³-hybridized carbons (Fsp3) is 0.167. The molecule has 1 N–H and O–H groups in total. The van der Waals surface area contributed by atoms with Crippen LogP contribution in [0.3, 0.4) is 0 Å². The van der Waals surface area contributed by atoms with Gasteiger partial charge in [-0.25, -0.2) is 4.98 Å². The summed E-state index contributed by atoms with van der Waals surface area (Å²) in [6.45, 7) is 2.94. The van der Waals surface area contributed by atoms with Crippen molar-refractivity contribution in [2.45, 2.75) is 6.92 Å². The second kappa shape index (κ2) is 4.55. The average Bonchev–Trinajstić information content (AvgIpc) is 2.32. The van der Waals surface area contributed by atoms with Gasteiger partial charge in [0.05, 0.1) is 0 Å². The molecule has 0 bridgehead atoms. The summed E-state index contributed by atoms with van der Waals surface area (Å²) in [5.41, 5.74) is 2.25. The SMILES string of the molecule is CCNc1ccc(-c2ccncc2)cn1. The zero-order chi connectivity index (χ0) is 10.5. The molecule has 0 aromatic carbocycles. The molecule has 0 aliphatic rings. The molecule has 0 amide bonds. The number of hydrogen-bond donors (Lipinski definition) is 1. The predicted octanol–water partition coefficient (Wildman–Crippen LogP) is 2.58. The summed E-state index contributed by atoms with van der Waals surface area (Å²) >= 11 is 0. The van der Waals surface area contributed by atoms with Crippen LogP contribution in [0.15, 0.2) is 42.9 Å². The monoisotopic (exact) mass is 199 g/mol. The van der Waals surface area contributed by atoms with Crippen LogP contribution in [0.25, 0.3) is 11.1 Å². The van der Waals surface area contributed by atoms with Crippen LogP contribution < -0.4 is 5.32 Å². The van der Waals surface area contributed by atoms with Gasteiger partial charge >= 0.3 is 0 Å². The van der Waals surface area contributed by atoms with E-state index in [1.807, 2.05) is 24.4 Å². The van der Waals surface area contributed by atoms with Gasteiger partial charge < -0.3 is 5.32 Å². The van der Waals surface area contributed by atoms with Crippen molar-refractivity contribution in [1.82, 2.24) is 9.97 Å². The number of aromatic nitrogens is 2. The lowest BCUT2D eigenvalue weighted by molar-refractivity contribution is 1.16. The number of nitrogens with zero attached hydrogens (tertiary/aromatic N) is 2. The van der Waals surface area contributed by atoms with E-state index in [4.69, 9.17) is 0 Å². The van der Waals surface area contributed by atoms with Gasteiger partial charge in [-0.1, -0.05) is 0 Å². The van der Waals surface area contributed by atoms with Crippen molar-refractivity contribution in [2.75, 3.05) is 11.9 Å². The summed E-state index contributed by atoms with van der Waals surface area (Å²) < 4.78 is 0. The largest absolute Gasteiger partial charge is 0.370 e. The van der Waals surface area contributed by atoms with Crippen molar-refractivity contribution < 1.29 is 0 Å². The van der Waals surface area contributed by atoms with Gasteiger partial charge in [-0.2, -0.15) is 0 Å². The van der Waals surface area contributed by atoms with E-state index in [-0.39, 0.29) is 0 Å². The lowest BCUT2D eigenvalue weighted by Gasteiger charge is -2.03. The summed E-state index contributed by atoms with van der Waals surface area (Å²) in [7, 11) is 0. The summed E-state index contributed by atoms with van der Waals surface area (Å²) in [5.74, 6) is 0.912. The molecule has 2 rings (SSSR count). The zero-order valence-electron chi connectivity index (χ0n) is 8.64. The fourth-order valence-corrected chi connectivity index (χ4v) is 1.39. The molecule has 76 valence electrons. The van der Waals surface area contributed by atoms with E-state index in [0.29, 0.717) is 0 Å². The second-order valence-electron chi connectivity index (χ2n) is 3.20. The van der Waals surface area contributed by atoms with Gasteiger partial charge in [0.1, 0.15) is 5.82 Å². The van der Waals surface area contributed by atoms with Crippen molar-refractivity contribution in [3.8, 4) is 11.1 Å². The highest BCUT2D eigenvalue weighted by Crippen LogP contribution is 2.18. The van der Waals surface area contributed by atoms with Gasteiger partial charge in [-0.15, -0.1) is 0 Å². The topological polar surface area (TPSA) is 37.8 Å². The minimum absolute atomic E-state index is 0.890. The first-order chi connectivity index (χ1) is 7.40. The van der Waals surface area contributed by atoms with Gasteiger partial charge in [-0.05, 0) is 36.8 Å². The highest BCUT2D eigenvalue weighted by molar-refractivity contribution is 5.62. The van der Waals surface area contributed by atoms with Crippen LogP contribution in [0.1, 0.15) is 6.92 Å². The molecule has 2 aromatic rings. The van der Waals surface area contributed by atoms with Gasteiger partial charge in [-0.3, -0.25) is 4.98 Å². The zero-order valence-corrected chi connectivity index (χ0v) is 8.64. The van der Waals surface area contributed by atoms with Crippen molar-refractivity contribution in [2.24, 2.45) is 0 Å². The molecule has 0 fully saturated rings. The van der Waals surface area contributed by atoms with Gasteiger partial charge in [0.25, 0.3) is 0 Å². The van der Waals surface area contributed by atoms with Gasteiger partial charge in [0.2, 0.25) is 0 Å². The molecular weight excluding hydrogens is 186 g/mol. The Hall–Kier alpha value is -1.90. The lowest BCUT2D eigenvalue weighted by Crippen LogP contribution is -1.98. The molecule has 0 aliphatic carbocycles. The first kappa shape index (κ1) is 9.65. The number of pyridine rings is 2. The number of nitrogens with one attached hydrogen (secondary N) is 1. The molecule has 0 radical (unpaired) electrons. The Morgan fingerprint density at radius 2 is 1.87 bits per heavy atom. The van der Waals surface area contributed by atoms with E-state index >= 15 is 0 Å². The third-order valence-corrected chi connectivity index (χ3v) is 2.14. The molecule has 0 spiro atoms. The maximum atomic E-state index is 4.31. The van der Waals surface area contributed by atoms with Crippen LogP contribution >= 0.6 is 0 Å². The normalized spacial score (nSPS) is 9.93. The number of anilines is 1. The molecule has 3 heteroatoms. The summed E-state index contributed by atoms with van der Waals surface area (Å²) in [5, 5.41) is 3.16. The number of hydrogen-bond acceptors (Lipinski definition) is 3. The smallest absolute Gasteiger partial charge is 0.125 e. The first-order valence-electron chi connectivity index (χ1n) is 5.00. The Kier molecular flexibility index (Phi) is 2.93. The van der Waals surface area contributed by atoms with E-state index in [9.17, 15) is 0 Å². The van der Waals surface area contributed by atoms with E-state index in [1.165, 1.54) is 0 Å². The van der Waals surface area contributed by atoms with Crippen molar-refractivity contribution in [3.05, 3.63) is 42.9 Å². The Bertz CT molecular complexity index is 409. The molecule has 2 heterocycles. The minimum atomic E-state index is 0.890. The Morgan fingerprint density at radius 3 is 2.47 bits per heavy atom.